The molecule has 13 heteroatoms. The van der Waals surface area contributed by atoms with Crippen molar-refractivity contribution in [2.45, 2.75) is 30.9 Å². The predicted octanol–water partition coefficient (Wildman–Crippen LogP) is 1.57. The molecule has 1 saturated heterocycles. The maximum absolute atomic E-state index is 12.6. The molecule has 1 fully saturated rings. The van der Waals surface area contributed by atoms with E-state index in [1.807, 2.05) is 0 Å². The number of alkyl halides is 3. The van der Waals surface area contributed by atoms with Crippen LogP contribution in [-0.4, -0.2) is 55.3 Å². The van der Waals surface area contributed by atoms with E-state index in [4.69, 9.17) is 0 Å². The van der Waals surface area contributed by atoms with Crippen LogP contribution in [0.4, 0.5) is 18.9 Å². The average molecular weight is 423 g/mol. The third-order valence-corrected chi connectivity index (χ3v) is 5.92. The largest absolute Gasteiger partial charge is 0.511 e. The van der Waals surface area contributed by atoms with Gasteiger partial charge in [-0.15, -0.1) is 0 Å². The number of hydrogen-bond donors (Lipinski definition) is 2. The van der Waals surface area contributed by atoms with Gasteiger partial charge in [-0.2, -0.15) is 17.5 Å². The molecule has 0 amide bonds. The van der Waals surface area contributed by atoms with Crippen LogP contribution < -0.4 is 10.6 Å². The molecule has 0 spiro atoms. The zero-order chi connectivity index (χ0) is 20.9. The van der Waals surface area contributed by atoms with Gasteiger partial charge in [0.25, 0.3) is 5.69 Å². The van der Waals surface area contributed by atoms with Gasteiger partial charge in [-0.05, 0) is 12.8 Å². The smallest absolute Gasteiger partial charge is 0.354 e. The lowest BCUT2D eigenvalue weighted by Gasteiger charge is -2.32. The molecule has 1 aromatic rings. The Morgan fingerprint density at radius 2 is 1.93 bits per heavy atom. The van der Waals surface area contributed by atoms with Crippen molar-refractivity contribution in [3.8, 4) is 0 Å². The minimum atomic E-state index is -5.32. The van der Waals surface area contributed by atoms with Gasteiger partial charge in [-0.3, -0.25) is 15.1 Å². The highest BCUT2D eigenvalue weighted by molar-refractivity contribution is 7.90. The number of guanidine groups is 1. The molecule has 0 bridgehead atoms. The van der Waals surface area contributed by atoms with Crippen molar-refractivity contribution in [3.63, 3.8) is 0 Å². The molecule has 9 nitrogen and oxygen atoms in total. The summed E-state index contributed by atoms with van der Waals surface area (Å²) in [5.74, 6) is 0.315. The molecular formula is C15H20F3N5O4S. The zero-order valence-electron chi connectivity index (χ0n) is 14.9. The molecule has 0 saturated carbocycles. The van der Waals surface area contributed by atoms with Gasteiger partial charge in [0, 0.05) is 44.4 Å². The predicted molar refractivity (Wildman–Crippen MR) is 96.0 cm³/mol. The first-order valence-corrected chi connectivity index (χ1v) is 9.76. The maximum Gasteiger partial charge on any atom is 0.511 e. The number of piperidine rings is 1. The summed E-state index contributed by atoms with van der Waals surface area (Å²) < 4.78 is 61.1. The van der Waals surface area contributed by atoms with Crippen molar-refractivity contribution < 1.29 is 26.5 Å². The first kappa shape index (κ1) is 21.9. The lowest BCUT2D eigenvalue weighted by molar-refractivity contribution is -0.385. The second-order valence-electron chi connectivity index (χ2n) is 6.08. The lowest BCUT2D eigenvalue weighted by atomic mass is 10.1. The normalized spacial score (nSPS) is 17.4. The molecule has 2 rings (SSSR count). The van der Waals surface area contributed by atoms with E-state index in [9.17, 15) is 31.7 Å². The van der Waals surface area contributed by atoms with Crippen LogP contribution in [0.2, 0.25) is 0 Å². The molecule has 156 valence electrons. The van der Waals surface area contributed by atoms with Crippen molar-refractivity contribution in [1.29, 1.82) is 0 Å². The average Bonchev–Trinajstić information content (AvgIpc) is 2.64. The summed E-state index contributed by atoms with van der Waals surface area (Å²) in [6, 6.07) is 5.91. The van der Waals surface area contributed by atoms with Crippen molar-refractivity contribution >= 4 is 21.7 Å². The van der Waals surface area contributed by atoms with Crippen LogP contribution in [-0.2, 0) is 16.6 Å². The van der Waals surface area contributed by atoms with Crippen LogP contribution in [0, 0.1) is 10.1 Å². The van der Waals surface area contributed by atoms with Gasteiger partial charge in [-0.1, -0.05) is 18.2 Å². The molecular weight excluding hydrogens is 403 g/mol. The highest BCUT2D eigenvalue weighted by Gasteiger charge is 2.50. The van der Waals surface area contributed by atoms with Crippen LogP contribution in [0.5, 0.6) is 0 Å². The monoisotopic (exact) mass is 423 g/mol. The highest BCUT2D eigenvalue weighted by Crippen LogP contribution is 2.29. The molecule has 0 atom stereocenters. The summed E-state index contributed by atoms with van der Waals surface area (Å²) in [6.07, 6.45) is 0.336. The quantitative estimate of drug-likeness (QED) is 0.321. The molecule has 28 heavy (non-hydrogen) atoms. The van der Waals surface area contributed by atoms with E-state index in [0.717, 1.165) is 0 Å². The number of nitrogens with one attached hydrogen (secondary N) is 2. The SMILES string of the molecule is CN=C(NCc1ccccc1[N+](=O)[O-])NC1CCN(S(=O)(=O)C(F)(F)F)CC1. The molecule has 0 radical (unpaired) electrons. The van der Waals surface area contributed by atoms with Crippen LogP contribution in [0.3, 0.4) is 0 Å². The fourth-order valence-electron chi connectivity index (χ4n) is 2.79. The second kappa shape index (κ2) is 8.73. The fraction of sp³-hybridized carbons (Fsp3) is 0.533. The minimum absolute atomic E-state index is 0.0453. The molecule has 1 aromatic carbocycles. The Hall–Kier alpha value is -2.41. The Morgan fingerprint density at radius 3 is 2.46 bits per heavy atom. The number of benzene rings is 1. The van der Waals surface area contributed by atoms with Crippen LogP contribution in [0.15, 0.2) is 29.3 Å². The Balaban J connectivity index is 1.91. The number of halogens is 3. The summed E-state index contributed by atoms with van der Waals surface area (Å²) in [4.78, 5) is 14.5. The summed E-state index contributed by atoms with van der Waals surface area (Å²) in [6.45, 7) is -0.403. The van der Waals surface area contributed by atoms with E-state index in [2.05, 4.69) is 15.6 Å². The minimum Gasteiger partial charge on any atom is -0.354 e. The molecule has 2 N–H and O–H groups in total. The van der Waals surface area contributed by atoms with Crippen molar-refractivity contribution in [1.82, 2.24) is 14.9 Å². The van der Waals surface area contributed by atoms with Crippen molar-refractivity contribution in [2.24, 2.45) is 4.99 Å². The number of rotatable bonds is 5. The van der Waals surface area contributed by atoms with E-state index in [1.165, 1.54) is 13.1 Å². The topological polar surface area (TPSA) is 117 Å². The molecule has 1 aliphatic rings. The summed E-state index contributed by atoms with van der Waals surface area (Å²) in [5, 5.41) is 17.0. The number of para-hydroxylation sites is 1. The lowest BCUT2D eigenvalue weighted by Crippen LogP contribution is -2.51. The van der Waals surface area contributed by atoms with E-state index in [0.29, 0.717) is 15.8 Å². The molecule has 1 heterocycles. The summed E-state index contributed by atoms with van der Waals surface area (Å²) in [5.41, 5.74) is -4.91. The molecule has 0 aromatic heterocycles. The van der Waals surface area contributed by atoms with Gasteiger partial charge < -0.3 is 10.6 Å². The standard InChI is InChI=1S/C15H20F3N5O4S/c1-19-14(20-10-11-4-2-3-5-13(11)23(24)25)21-12-6-8-22(9-7-12)28(26,27)15(16,17)18/h2-5,12H,6-10H2,1H3,(H2,19,20,21). The van der Waals surface area contributed by atoms with Crippen LogP contribution in [0.1, 0.15) is 18.4 Å². The molecule has 1 aliphatic heterocycles. The van der Waals surface area contributed by atoms with Crippen LogP contribution >= 0.6 is 0 Å². The first-order chi connectivity index (χ1) is 13.1. The Labute approximate surface area is 159 Å². The Morgan fingerprint density at radius 1 is 1.32 bits per heavy atom. The zero-order valence-corrected chi connectivity index (χ0v) is 15.8. The second-order valence-corrected chi connectivity index (χ2v) is 8.01. The number of hydrogen-bond acceptors (Lipinski definition) is 5. The van der Waals surface area contributed by atoms with Gasteiger partial charge in [0.05, 0.1) is 4.92 Å². The Kier molecular flexibility index (Phi) is 6.82. The van der Waals surface area contributed by atoms with Gasteiger partial charge in [-0.25, -0.2) is 8.42 Å². The third kappa shape index (κ3) is 5.10. The molecule has 0 aliphatic carbocycles. The van der Waals surface area contributed by atoms with E-state index in [-0.39, 0.29) is 44.2 Å². The molecule has 0 unspecified atom stereocenters. The van der Waals surface area contributed by atoms with Crippen molar-refractivity contribution in [3.05, 3.63) is 39.9 Å². The highest BCUT2D eigenvalue weighted by atomic mass is 32.2. The third-order valence-electron chi connectivity index (χ3n) is 4.29. The van der Waals surface area contributed by atoms with Crippen molar-refractivity contribution in [2.75, 3.05) is 20.1 Å². The number of nitro benzene ring substituents is 1. The van der Waals surface area contributed by atoms with E-state index < -0.39 is 20.5 Å². The number of aliphatic imine (C=N–C) groups is 1. The van der Waals surface area contributed by atoms with E-state index >= 15 is 0 Å². The number of nitro groups is 1. The number of sulfonamides is 1. The first-order valence-electron chi connectivity index (χ1n) is 8.32. The van der Waals surface area contributed by atoms with E-state index in [1.54, 1.807) is 18.2 Å². The van der Waals surface area contributed by atoms with Gasteiger partial charge in [0.15, 0.2) is 5.96 Å². The van der Waals surface area contributed by atoms with Gasteiger partial charge >= 0.3 is 15.5 Å². The van der Waals surface area contributed by atoms with Gasteiger partial charge in [0.1, 0.15) is 0 Å². The van der Waals surface area contributed by atoms with Crippen LogP contribution in [0.25, 0.3) is 0 Å². The summed E-state index contributed by atoms with van der Waals surface area (Å²) >= 11 is 0. The van der Waals surface area contributed by atoms with Gasteiger partial charge in [0.2, 0.25) is 0 Å². The Bertz CT molecular complexity index is 836. The summed E-state index contributed by atoms with van der Waals surface area (Å²) in [7, 11) is -3.84. The number of nitrogens with zero attached hydrogens (tertiary/aromatic N) is 3. The maximum atomic E-state index is 12.6. The fourth-order valence-corrected chi connectivity index (χ4v) is 3.78.